The molecule has 1 aromatic rings. The highest BCUT2D eigenvalue weighted by Crippen LogP contribution is 2.32. The Kier molecular flexibility index (Phi) is 4.45. The molecule has 0 atom stereocenters. The predicted molar refractivity (Wildman–Crippen MR) is 65.6 cm³/mol. The van der Waals surface area contributed by atoms with Gasteiger partial charge < -0.3 is 10.9 Å². The molecular formula is C9H11F3N4O3S. The molecule has 0 aliphatic heterocycles. The molecule has 7 nitrogen and oxygen atoms in total. The van der Waals surface area contributed by atoms with E-state index < -0.39 is 33.3 Å². The van der Waals surface area contributed by atoms with Crippen molar-refractivity contribution in [1.82, 2.24) is 4.72 Å². The van der Waals surface area contributed by atoms with Gasteiger partial charge in [0.1, 0.15) is 0 Å². The Morgan fingerprint density at radius 3 is 2.45 bits per heavy atom. The zero-order valence-corrected chi connectivity index (χ0v) is 10.9. The van der Waals surface area contributed by atoms with E-state index in [2.05, 4.69) is 5.16 Å². The summed E-state index contributed by atoms with van der Waals surface area (Å²) in [4.78, 5) is 0. The van der Waals surface area contributed by atoms with Gasteiger partial charge in [0.2, 0.25) is 0 Å². The van der Waals surface area contributed by atoms with E-state index in [1.54, 1.807) is 0 Å². The summed E-state index contributed by atoms with van der Waals surface area (Å²) in [6.07, 6.45) is -4.65. The van der Waals surface area contributed by atoms with Crippen LogP contribution in [0.1, 0.15) is 11.1 Å². The minimum atomic E-state index is -4.65. The largest absolute Gasteiger partial charge is 0.416 e. The van der Waals surface area contributed by atoms with Gasteiger partial charge in [0.05, 0.1) is 11.3 Å². The average Bonchev–Trinajstić information content (AvgIpc) is 2.36. The molecule has 11 heteroatoms. The molecule has 0 bridgehead atoms. The first-order valence-electron chi connectivity index (χ1n) is 5.01. The lowest BCUT2D eigenvalue weighted by Gasteiger charge is -2.14. The highest BCUT2D eigenvalue weighted by Gasteiger charge is 2.31. The van der Waals surface area contributed by atoms with Crippen LogP contribution in [0.5, 0.6) is 0 Å². The van der Waals surface area contributed by atoms with Gasteiger partial charge in [-0.1, -0.05) is 5.16 Å². The van der Waals surface area contributed by atoms with Crippen LogP contribution in [0.15, 0.2) is 23.4 Å². The number of nitrogens with one attached hydrogen (secondary N) is 2. The highest BCUT2D eigenvalue weighted by atomic mass is 32.2. The Balaban J connectivity index is 3.39. The number of alkyl halides is 3. The van der Waals surface area contributed by atoms with E-state index in [9.17, 15) is 21.6 Å². The van der Waals surface area contributed by atoms with Crippen LogP contribution in [0.3, 0.4) is 0 Å². The van der Waals surface area contributed by atoms with Crippen molar-refractivity contribution >= 4 is 21.7 Å². The number of oxime groups is 1. The third kappa shape index (κ3) is 3.74. The second kappa shape index (κ2) is 5.54. The van der Waals surface area contributed by atoms with E-state index in [4.69, 9.17) is 10.9 Å². The normalized spacial score (nSPS) is 13.3. The lowest BCUT2D eigenvalue weighted by Crippen LogP contribution is -2.28. The Hall–Kier alpha value is -2.01. The van der Waals surface area contributed by atoms with Gasteiger partial charge >= 0.3 is 6.18 Å². The first-order chi connectivity index (χ1) is 9.10. The third-order valence-electron chi connectivity index (χ3n) is 2.24. The summed E-state index contributed by atoms with van der Waals surface area (Å²) in [7, 11) is -2.85. The van der Waals surface area contributed by atoms with Crippen LogP contribution in [0, 0.1) is 0 Å². The van der Waals surface area contributed by atoms with Gasteiger partial charge in [-0.15, -0.1) is 0 Å². The fourth-order valence-electron chi connectivity index (χ4n) is 1.27. The maximum absolute atomic E-state index is 12.6. The zero-order chi connectivity index (χ0) is 15.6. The molecule has 20 heavy (non-hydrogen) atoms. The molecule has 0 amide bonds. The van der Waals surface area contributed by atoms with E-state index in [-0.39, 0.29) is 5.69 Å². The molecule has 0 aliphatic carbocycles. The number of amidine groups is 1. The van der Waals surface area contributed by atoms with Gasteiger partial charge in [0, 0.05) is 12.6 Å². The minimum Gasteiger partial charge on any atom is -0.409 e. The molecule has 0 radical (unpaired) electrons. The Bertz CT molecular complexity index is 628. The fraction of sp³-hybridized carbons (Fsp3) is 0.222. The minimum absolute atomic E-state index is 0.261. The van der Waals surface area contributed by atoms with Gasteiger partial charge in [0.25, 0.3) is 10.2 Å². The topological polar surface area (TPSA) is 117 Å². The van der Waals surface area contributed by atoms with Crippen molar-refractivity contribution in [3.63, 3.8) is 0 Å². The van der Waals surface area contributed by atoms with Gasteiger partial charge in [-0.2, -0.15) is 21.6 Å². The molecule has 112 valence electrons. The van der Waals surface area contributed by atoms with E-state index in [0.29, 0.717) is 12.1 Å². The third-order valence-corrected chi connectivity index (χ3v) is 3.27. The molecule has 5 N–H and O–H groups in total. The number of nitrogens with two attached hydrogens (primary N) is 1. The molecule has 1 aromatic carbocycles. The standard InChI is InChI=1S/C9H11F3N4O3S/c1-14-20(18,19)16-7-3-2-5(9(10,11)12)4-6(7)8(13)15-17/h2-4,14,16-17H,1H3,(H2,13,15). The van der Waals surface area contributed by atoms with E-state index in [1.807, 2.05) is 9.44 Å². The molecule has 0 unspecified atom stereocenters. The summed E-state index contributed by atoms with van der Waals surface area (Å²) in [6.45, 7) is 0. The van der Waals surface area contributed by atoms with Crippen molar-refractivity contribution in [2.75, 3.05) is 11.8 Å². The summed E-state index contributed by atoms with van der Waals surface area (Å²) in [5.41, 5.74) is 3.52. The second-order valence-corrected chi connectivity index (χ2v) is 5.17. The quantitative estimate of drug-likeness (QED) is 0.283. The van der Waals surface area contributed by atoms with Crippen molar-refractivity contribution in [2.45, 2.75) is 6.18 Å². The maximum Gasteiger partial charge on any atom is 0.416 e. The van der Waals surface area contributed by atoms with E-state index >= 15 is 0 Å². The van der Waals surface area contributed by atoms with Crippen LogP contribution in [-0.4, -0.2) is 26.5 Å². The first kappa shape index (κ1) is 16.0. The number of anilines is 1. The van der Waals surface area contributed by atoms with Crippen LogP contribution >= 0.6 is 0 Å². The monoisotopic (exact) mass is 312 g/mol. The van der Waals surface area contributed by atoms with E-state index in [0.717, 1.165) is 13.1 Å². The molecule has 0 saturated heterocycles. The second-order valence-electron chi connectivity index (χ2n) is 3.55. The van der Waals surface area contributed by atoms with Gasteiger partial charge in [-0.25, -0.2) is 4.72 Å². The lowest BCUT2D eigenvalue weighted by atomic mass is 10.1. The van der Waals surface area contributed by atoms with Crippen molar-refractivity contribution in [3.05, 3.63) is 29.3 Å². The smallest absolute Gasteiger partial charge is 0.409 e. The molecule has 0 heterocycles. The van der Waals surface area contributed by atoms with Gasteiger partial charge in [-0.05, 0) is 18.2 Å². The molecule has 0 fully saturated rings. The van der Waals surface area contributed by atoms with Crippen LogP contribution < -0.4 is 15.2 Å². The maximum atomic E-state index is 12.6. The summed E-state index contributed by atoms with van der Waals surface area (Å²) >= 11 is 0. The Labute approximate surface area is 112 Å². The number of nitrogens with zero attached hydrogens (tertiary/aromatic N) is 1. The number of benzene rings is 1. The summed E-state index contributed by atoms with van der Waals surface area (Å²) in [6, 6.07) is 2.11. The van der Waals surface area contributed by atoms with Crippen LogP contribution in [0.25, 0.3) is 0 Å². The summed E-state index contributed by atoms with van der Waals surface area (Å²) in [5.74, 6) is -0.662. The molecule has 0 saturated carbocycles. The number of hydrogen-bond donors (Lipinski definition) is 4. The number of hydrogen-bond acceptors (Lipinski definition) is 4. The van der Waals surface area contributed by atoms with Crippen LogP contribution in [0.2, 0.25) is 0 Å². The fourth-order valence-corrected chi connectivity index (χ4v) is 1.84. The lowest BCUT2D eigenvalue weighted by molar-refractivity contribution is -0.137. The molecule has 1 rings (SSSR count). The van der Waals surface area contributed by atoms with Crippen LogP contribution in [-0.2, 0) is 16.4 Å². The predicted octanol–water partition coefficient (Wildman–Crippen LogP) is 0.676. The molecule has 0 spiro atoms. The first-order valence-corrected chi connectivity index (χ1v) is 6.49. The van der Waals surface area contributed by atoms with Gasteiger partial charge in [-0.3, -0.25) is 4.72 Å². The van der Waals surface area contributed by atoms with Crippen molar-refractivity contribution in [1.29, 1.82) is 0 Å². The molecule has 0 aliphatic rings. The van der Waals surface area contributed by atoms with Crippen LogP contribution in [0.4, 0.5) is 18.9 Å². The Morgan fingerprint density at radius 2 is 2.00 bits per heavy atom. The number of halogens is 3. The molecular weight excluding hydrogens is 301 g/mol. The SMILES string of the molecule is CNS(=O)(=O)Nc1ccc(C(F)(F)F)cc1/C(N)=N/O. The van der Waals surface area contributed by atoms with Gasteiger partial charge in [0.15, 0.2) is 5.84 Å². The van der Waals surface area contributed by atoms with Crippen molar-refractivity contribution < 1.29 is 26.8 Å². The number of rotatable bonds is 4. The van der Waals surface area contributed by atoms with E-state index in [1.165, 1.54) is 0 Å². The Morgan fingerprint density at radius 1 is 1.40 bits per heavy atom. The average molecular weight is 312 g/mol. The summed E-state index contributed by atoms with van der Waals surface area (Å²) < 4.78 is 64.2. The van der Waals surface area contributed by atoms with Crippen molar-refractivity contribution in [3.8, 4) is 0 Å². The molecule has 0 aromatic heterocycles. The summed E-state index contributed by atoms with van der Waals surface area (Å²) in [5, 5.41) is 11.1. The zero-order valence-electron chi connectivity index (χ0n) is 10.1. The highest BCUT2D eigenvalue weighted by molar-refractivity contribution is 7.90. The van der Waals surface area contributed by atoms with Crippen molar-refractivity contribution in [2.24, 2.45) is 10.9 Å².